The summed E-state index contributed by atoms with van der Waals surface area (Å²) in [5, 5.41) is 0.822. The van der Waals surface area contributed by atoms with E-state index in [1.54, 1.807) is 0 Å². The Balaban J connectivity index is 0.000000885. The van der Waals surface area contributed by atoms with Crippen molar-refractivity contribution < 1.29 is 0 Å². The highest BCUT2D eigenvalue weighted by molar-refractivity contribution is 7.79. The number of hydrogen-bond donors (Lipinski definition) is 1. The quantitative estimate of drug-likeness (QED) is 0.472. The van der Waals surface area contributed by atoms with Crippen LogP contribution >= 0.6 is 24.4 Å². The van der Waals surface area contributed by atoms with E-state index in [9.17, 15) is 0 Å². The van der Waals surface area contributed by atoms with Gasteiger partial charge < -0.3 is 0 Å². The molecule has 0 aliphatic carbocycles. The minimum Gasteiger partial charge on any atom is -0.224 e. The van der Waals surface area contributed by atoms with Gasteiger partial charge in [-0.3, -0.25) is 0 Å². The molecule has 0 spiro atoms. The zero-order valence-electron chi connectivity index (χ0n) is 14.5. The number of aryl methyl sites for hydroxylation is 1. The minimum absolute atomic E-state index is 0.338. The summed E-state index contributed by atoms with van der Waals surface area (Å²) in [6.07, 6.45) is 2.14. The summed E-state index contributed by atoms with van der Waals surface area (Å²) in [6, 6.07) is 6.11. The molecule has 0 radical (unpaired) electrons. The highest BCUT2D eigenvalue weighted by Gasteiger charge is 2.12. The van der Waals surface area contributed by atoms with E-state index >= 15 is 0 Å². The van der Waals surface area contributed by atoms with Crippen LogP contribution < -0.4 is 0 Å². The first kappa shape index (κ1) is 20.5. The van der Waals surface area contributed by atoms with Crippen molar-refractivity contribution >= 4 is 30.1 Å². The van der Waals surface area contributed by atoms with Gasteiger partial charge in [-0.25, -0.2) is 4.40 Å². The van der Waals surface area contributed by atoms with Gasteiger partial charge in [0.15, 0.2) is 0 Å². The Labute approximate surface area is 141 Å². The van der Waals surface area contributed by atoms with Gasteiger partial charge in [-0.05, 0) is 61.1 Å². The third-order valence-corrected chi connectivity index (χ3v) is 3.42. The third kappa shape index (κ3) is 9.97. The molecule has 0 fully saturated rings. The van der Waals surface area contributed by atoms with Crippen LogP contribution in [0.15, 0.2) is 22.6 Å². The molecule has 21 heavy (non-hydrogen) atoms. The Bertz CT molecular complexity index is 456. The predicted octanol–water partition coefficient (Wildman–Crippen LogP) is 6.63. The van der Waals surface area contributed by atoms with Crippen molar-refractivity contribution in [1.82, 2.24) is 0 Å². The average molecular weight is 328 g/mol. The van der Waals surface area contributed by atoms with Crippen LogP contribution in [0.1, 0.15) is 66.0 Å². The van der Waals surface area contributed by atoms with Crippen LogP contribution in [0.25, 0.3) is 0 Å². The Kier molecular flexibility index (Phi) is 9.31. The van der Waals surface area contributed by atoms with Crippen molar-refractivity contribution in [2.75, 3.05) is 0 Å². The first-order valence-corrected chi connectivity index (χ1v) is 8.32. The maximum Gasteiger partial charge on any atom is 0.0525 e. The number of rotatable bonds is 3. The molecule has 0 heterocycles. The molecule has 3 heteroatoms. The van der Waals surface area contributed by atoms with Gasteiger partial charge in [-0.2, -0.15) is 0 Å². The van der Waals surface area contributed by atoms with Gasteiger partial charge in [0, 0.05) is 5.02 Å². The van der Waals surface area contributed by atoms with Gasteiger partial charge in [0.25, 0.3) is 0 Å². The molecule has 0 unspecified atom stereocenters. The maximum atomic E-state index is 6.28. The summed E-state index contributed by atoms with van der Waals surface area (Å²) in [7, 11) is 0. The van der Waals surface area contributed by atoms with Crippen LogP contribution in [0.3, 0.4) is 0 Å². The fourth-order valence-corrected chi connectivity index (χ4v) is 1.93. The second kappa shape index (κ2) is 9.53. The highest BCUT2D eigenvalue weighted by Crippen LogP contribution is 2.25. The number of halogens is 1. The Morgan fingerprint density at radius 2 is 1.76 bits per heavy atom. The molecule has 0 amide bonds. The van der Waals surface area contributed by atoms with E-state index in [1.165, 1.54) is 5.56 Å². The van der Waals surface area contributed by atoms with Crippen molar-refractivity contribution in [3.63, 3.8) is 0 Å². The SMILES string of the molecule is C/C(=N\S)c1ccc(CCC(C)(C)C)c(Cl)c1.CC(C)C. The molecule has 0 aromatic heterocycles. The first-order valence-electron chi connectivity index (χ1n) is 7.54. The van der Waals surface area contributed by atoms with Crippen LogP contribution in [0.4, 0.5) is 0 Å². The average Bonchev–Trinajstić information content (AvgIpc) is 2.34. The molecule has 0 saturated heterocycles. The van der Waals surface area contributed by atoms with Gasteiger partial charge in [0.2, 0.25) is 0 Å². The number of hydrogen-bond acceptors (Lipinski definition) is 2. The van der Waals surface area contributed by atoms with Crippen LogP contribution in [-0.2, 0) is 6.42 Å². The summed E-state index contributed by atoms with van der Waals surface area (Å²) >= 11 is 10.2. The number of nitrogens with zero attached hydrogens (tertiary/aromatic N) is 1. The van der Waals surface area contributed by atoms with Crippen LogP contribution in [0.5, 0.6) is 0 Å². The van der Waals surface area contributed by atoms with E-state index in [0.717, 1.165) is 35.1 Å². The standard InChI is InChI=1S/C14H20ClNS.C4H10/c1-10(16-17)12-6-5-11(13(15)9-12)7-8-14(2,3)4;1-4(2)3/h5-6,9,17H,7-8H2,1-4H3;4H,1-3H3/b16-10+;. The lowest BCUT2D eigenvalue weighted by molar-refractivity contribution is 0.378. The van der Waals surface area contributed by atoms with Gasteiger partial charge in [0.1, 0.15) is 0 Å². The minimum atomic E-state index is 0.338. The summed E-state index contributed by atoms with van der Waals surface area (Å²) in [5.41, 5.74) is 3.46. The molecule has 0 bridgehead atoms. The summed E-state index contributed by atoms with van der Waals surface area (Å²) in [4.78, 5) is 0. The van der Waals surface area contributed by atoms with Crippen molar-refractivity contribution in [3.8, 4) is 0 Å². The largest absolute Gasteiger partial charge is 0.224 e. The predicted molar refractivity (Wildman–Crippen MR) is 101 cm³/mol. The van der Waals surface area contributed by atoms with Crippen LogP contribution in [0, 0.1) is 11.3 Å². The first-order chi connectivity index (χ1) is 9.56. The second-order valence-electron chi connectivity index (χ2n) is 7.28. The lowest BCUT2D eigenvalue weighted by Gasteiger charge is -2.18. The molecule has 0 atom stereocenters. The van der Waals surface area contributed by atoms with E-state index in [-0.39, 0.29) is 0 Å². The van der Waals surface area contributed by atoms with Crippen LogP contribution in [-0.4, -0.2) is 5.71 Å². The smallest absolute Gasteiger partial charge is 0.0525 e. The highest BCUT2D eigenvalue weighted by atomic mass is 35.5. The topological polar surface area (TPSA) is 12.4 Å². The Morgan fingerprint density at radius 3 is 2.14 bits per heavy atom. The molecule has 0 N–H and O–H groups in total. The Hall–Kier alpha value is -0.470. The summed E-state index contributed by atoms with van der Waals surface area (Å²) < 4.78 is 3.87. The molecular weight excluding hydrogens is 298 g/mol. The van der Waals surface area contributed by atoms with Crippen LogP contribution in [0.2, 0.25) is 5.02 Å². The van der Waals surface area contributed by atoms with E-state index in [1.807, 2.05) is 13.0 Å². The molecule has 0 aliphatic heterocycles. The van der Waals surface area contributed by atoms with Gasteiger partial charge in [-0.1, -0.05) is 65.3 Å². The molecule has 1 nitrogen and oxygen atoms in total. The van der Waals surface area contributed by atoms with E-state index in [0.29, 0.717) is 5.41 Å². The summed E-state index contributed by atoms with van der Waals surface area (Å²) in [6.45, 7) is 15.2. The molecule has 1 rings (SSSR count). The normalized spacial score (nSPS) is 12.2. The van der Waals surface area contributed by atoms with E-state index < -0.39 is 0 Å². The lowest BCUT2D eigenvalue weighted by Crippen LogP contribution is -2.06. The fraction of sp³-hybridized carbons (Fsp3) is 0.611. The summed E-state index contributed by atoms with van der Waals surface area (Å²) in [5.74, 6) is 0.833. The zero-order chi connectivity index (χ0) is 16.6. The second-order valence-corrected chi connectivity index (χ2v) is 7.89. The van der Waals surface area contributed by atoms with Crippen molar-refractivity contribution in [3.05, 3.63) is 34.3 Å². The molecule has 0 aliphatic rings. The van der Waals surface area contributed by atoms with Crippen molar-refractivity contribution in [2.24, 2.45) is 15.7 Å². The number of thiol groups is 1. The monoisotopic (exact) mass is 327 g/mol. The Morgan fingerprint density at radius 1 is 1.24 bits per heavy atom. The molecule has 120 valence electrons. The third-order valence-electron chi connectivity index (χ3n) is 2.77. The van der Waals surface area contributed by atoms with Gasteiger partial charge in [0.05, 0.1) is 5.71 Å². The van der Waals surface area contributed by atoms with Crippen molar-refractivity contribution in [2.45, 2.75) is 61.3 Å². The molecular formula is C18H30ClNS. The fourth-order valence-electron chi connectivity index (χ4n) is 1.54. The maximum absolute atomic E-state index is 6.28. The molecule has 1 aromatic rings. The molecule has 0 saturated carbocycles. The van der Waals surface area contributed by atoms with Gasteiger partial charge in [-0.15, -0.1) is 0 Å². The van der Waals surface area contributed by atoms with E-state index in [4.69, 9.17) is 11.6 Å². The van der Waals surface area contributed by atoms with Gasteiger partial charge >= 0.3 is 0 Å². The lowest BCUT2D eigenvalue weighted by atomic mass is 9.88. The van der Waals surface area contributed by atoms with Crippen molar-refractivity contribution in [1.29, 1.82) is 0 Å². The number of benzene rings is 1. The van der Waals surface area contributed by atoms with E-state index in [2.05, 4.69) is 70.9 Å². The zero-order valence-corrected chi connectivity index (χ0v) is 16.1. The molecule has 1 aromatic carbocycles.